The van der Waals surface area contributed by atoms with Crippen molar-refractivity contribution in [2.75, 3.05) is 6.54 Å². The van der Waals surface area contributed by atoms with Gasteiger partial charge in [-0.25, -0.2) is 4.79 Å². The van der Waals surface area contributed by atoms with Gasteiger partial charge < -0.3 is 15.0 Å². The number of carbonyl (C=O) groups is 2. The smallest absolute Gasteiger partial charge is 0.410 e. The lowest BCUT2D eigenvalue weighted by Crippen LogP contribution is -2.39. The lowest BCUT2D eigenvalue weighted by atomic mass is 9.93. The van der Waals surface area contributed by atoms with E-state index in [-0.39, 0.29) is 18.0 Å². The van der Waals surface area contributed by atoms with E-state index >= 15 is 0 Å². The minimum Gasteiger partial charge on any atom is -0.444 e. The molecule has 3 rings (SSSR count). The highest BCUT2D eigenvalue weighted by atomic mass is 16.6. The van der Waals surface area contributed by atoms with Crippen LogP contribution in [-0.2, 0) is 17.8 Å². The van der Waals surface area contributed by atoms with Crippen LogP contribution in [0.1, 0.15) is 62.6 Å². The van der Waals surface area contributed by atoms with Crippen molar-refractivity contribution in [3.8, 4) is 0 Å². The molecule has 7 nitrogen and oxygen atoms in total. The highest BCUT2D eigenvalue weighted by molar-refractivity contribution is 5.92. The van der Waals surface area contributed by atoms with Gasteiger partial charge >= 0.3 is 6.09 Å². The molecule has 1 aliphatic carbocycles. The Morgan fingerprint density at radius 1 is 1.25 bits per heavy atom. The standard InChI is InChI=1S/C17H26N4O3/c1-17(2,3)24-16(23)20-8-5-9-21-13(11-20)10-14(19-21)15(22)18-12-6-4-7-12/h10,12H,4-9,11H2,1-3H3,(H,18,22). The lowest BCUT2D eigenvalue weighted by molar-refractivity contribution is 0.0236. The third kappa shape index (κ3) is 3.88. The maximum absolute atomic E-state index is 12.3. The molecule has 0 spiro atoms. The molecule has 0 atom stereocenters. The number of hydrogen-bond acceptors (Lipinski definition) is 4. The van der Waals surface area contributed by atoms with Crippen LogP contribution in [0.5, 0.6) is 0 Å². The molecule has 2 heterocycles. The van der Waals surface area contributed by atoms with Gasteiger partial charge in [-0.1, -0.05) is 0 Å². The maximum atomic E-state index is 12.3. The molecule has 132 valence electrons. The molecule has 24 heavy (non-hydrogen) atoms. The molecule has 0 saturated heterocycles. The van der Waals surface area contributed by atoms with E-state index < -0.39 is 5.60 Å². The van der Waals surface area contributed by atoms with E-state index in [4.69, 9.17) is 4.74 Å². The fourth-order valence-electron chi connectivity index (χ4n) is 2.87. The summed E-state index contributed by atoms with van der Waals surface area (Å²) in [6, 6.07) is 2.08. The van der Waals surface area contributed by atoms with Crippen molar-refractivity contribution >= 4 is 12.0 Å². The first-order valence-electron chi connectivity index (χ1n) is 8.67. The summed E-state index contributed by atoms with van der Waals surface area (Å²) in [6.07, 6.45) is 3.74. The summed E-state index contributed by atoms with van der Waals surface area (Å²) < 4.78 is 7.29. The number of hydrogen-bond donors (Lipinski definition) is 1. The minimum atomic E-state index is -0.516. The molecule has 0 radical (unpaired) electrons. The van der Waals surface area contributed by atoms with Gasteiger partial charge in [-0.2, -0.15) is 5.10 Å². The van der Waals surface area contributed by atoms with E-state index in [0.717, 1.165) is 25.0 Å². The second kappa shape index (κ2) is 6.45. The quantitative estimate of drug-likeness (QED) is 0.900. The number of carbonyl (C=O) groups excluding carboxylic acids is 2. The Labute approximate surface area is 142 Å². The van der Waals surface area contributed by atoms with Crippen LogP contribution >= 0.6 is 0 Å². The lowest BCUT2D eigenvalue weighted by Gasteiger charge is -2.26. The van der Waals surface area contributed by atoms with Gasteiger partial charge in [-0.15, -0.1) is 0 Å². The molecule has 0 aromatic carbocycles. The Morgan fingerprint density at radius 2 is 2.00 bits per heavy atom. The van der Waals surface area contributed by atoms with Gasteiger partial charge in [0.15, 0.2) is 5.69 Å². The molecule has 1 aromatic rings. The van der Waals surface area contributed by atoms with Crippen LogP contribution in [0.15, 0.2) is 6.07 Å². The number of nitrogens with zero attached hydrogens (tertiary/aromatic N) is 3. The van der Waals surface area contributed by atoms with Gasteiger partial charge in [-0.05, 0) is 52.5 Å². The summed E-state index contributed by atoms with van der Waals surface area (Å²) in [6.45, 7) is 7.31. The maximum Gasteiger partial charge on any atom is 0.410 e. The molecular formula is C17H26N4O3. The summed E-state index contributed by atoms with van der Waals surface area (Å²) in [5.41, 5.74) is 0.789. The third-order valence-electron chi connectivity index (χ3n) is 4.34. The Bertz CT molecular complexity index is 628. The van der Waals surface area contributed by atoms with E-state index in [9.17, 15) is 9.59 Å². The summed E-state index contributed by atoms with van der Waals surface area (Å²) in [5, 5.41) is 7.42. The zero-order valence-electron chi connectivity index (χ0n) is 14.7. The average molecular weight is 334 g/mol. The van der Waals surface area contributed by atoms with Gasteiger partial charge in [0.2, 0.25) is 0 Å². The highest BCUT2D eigenvalue weighted by Crippen LogP contribution is 2.20. The Kier molecular flexibility index (Phi) is 4.51. The molecule has 1 saturated carbocycles. The van der Waals surface area contributed by atoms with Gasteiger partial charge in [0.05, 0.1) is 12.2 Å². The molecule has 7 heteroatoms. The van der Waals surface area contributed by atoms with Crippen LogP contribution in [0.4, 0.5) is 4.79 Å². The van der Waals surface area contributed by atoms with Crippen LogP contribution < -0.4 is 5.32 Å². The molecule has 2 amide bonds. The van der Waals surface area contributed by atoms with Gasteiger partial charge in [0.25, 0.3) is 5.91 Å². The van der Waals surface area contributed by atoms with Crippen LogP contribution in [0.2, 0.25) is 0 Å². The van der Waals surface area contributed by atoms with Gasteiger partial charge in [0.1, 0.15) is 5.60 Å². The molecule has 0 bridgehead atoms. The highest BCUT2D eigenvalue weighted by Gasteiger charge is 2.27. The van der Waals surface area contributed by atoms with E-state index in [1.54, 1.807) is 11.0 Å². The molecular weight excluding hydrogens is 308 g/mol. The summed E-state index contributed by atoms with van der Waals surface area (Å²) >= 11 is 0. The Hall–Kier alpha value is -2.05. The minimum absolute atomic E-state index is 0.121. The van der Waals surface area contributed by atoms with Crippen LogP contribution in [-0.4, -0.2) is 44.9 Å². The first-order valence-corrected chi connectivity index (χ1v) is 8.67. The monoisotopic (exact) mass is 334 g/mol. The summed E-state index contributed by atoms with van der Waals surface area (Å²) in [5.74, 6) is -0.121. The zero-order valence-corrected chi connectivity index (χ0v) is 14.7. The predicted octanol–water partition coefficient (Wildman–Crippen LogP) is 2.31. The summed E-state index contributed by atoms with van der Waals surface area (Å²) in [4.78, 5) is 26.2. The molecule has 1 fully saturated rings. The number of amides is 2. The van der Waals surface area contributed by atoms with E-state index in [1.165, 1.54) is 6.42 Å². The molecule has 1 aromatic heterocycles. The Morgan fingerprint density at radius 3 is 2.62 bits per heavy atom. The number of nitrogens with one attached hydrogen (secondary N) is 1. The second-order valence-corrected chi connectivity index (χ2v) is 7.60. The fourth-order valence-corrected chi connectivity index (χ4v) is 2.87. The molecule has 0 unspecified atom stereocenters. The molecule has 2 aliphatic rings. The number of ether oxygens (including phenoxy) is 1. The summed E-state index contributed by atoms with van der Waals surface area (Å²) in [7, 11) is 0. The molecule has 1 N–H and O–H groups in total. The van der Waals surface area contributed by atoms with Crippen LogP contribution in [0.3, 0.4) is 0 Å². The van der Waals surface area contributed by atoms with Gasteiger partial charge in [0, 0.05) is 19.1 Å². The predicted molar refractivity (Wildman–Crippen MR) is 88.6 cm³/mol. The fraction of sp³-hybridized carbons (Fsp3) is 0.706. The topological polar surface area (TPSA) is 76.5 Å². The average Bonchev–Trinajstić information content (AvgIpc) is 2.73. The van der Waals surface area contributed by atoms with Crippen molar-refractivity contribution in [1.29, 1.82) is 0 Å². The molecule has 1 aliphatic heterocycles. The third-order valence-corrected chi connectivity index (χ3v) is 4.34. The van der Waals surface area contributed by atoms with Crippen molar-refractivity contribution in [3.63, 3.8) is 0 Å². The number of rotatable bonds is 2. The van der Waals surface area contributed by atoms with Crippen molar-refractivity contribution in [3.05, 3.63) is 17.5 Å². The van der Waals surface area contributed by atoms with E-state index in [1.807, 2.05) is 25.5 Å². The normalized spacial score (nSPS) is 18.4. The van der Waals surface area contributed by atoms with Crippen molar-refractivity contribution in [2.24, 2.45) is 0 Å². The van der Waals surface area contributed by atoms with Gasteiger partial charge in [-0.3, -0.25) is 9.48 Å². The van der Waals surface area contributed by atoms with Crippen LogP contribution in [0.25, 0.3) is 0 Å². The number of fused-ring (bicyclic) bond motifs is 1. The first-order chi connectivity index (χ1) is 11.3. The SMILES string of the molecule is CC(C)(C)OC(=O)N1CCCn2nc(C(=O)NC3CCC3)cc2C1. The van der Waals surface area contributed by atoms with Crippen molar-refractivity contribution in [1.82, 2.24) is 20.0 Å². The second-order valence-electron chi connectivity index (χ2n) is 7.60. The Balaban J connectivity index is 1.68. The van der Waals surface area contributed by atoms with E-state index in [0.29, 0.717) is 25.3 Å². The van der Waals surface area contributed by atoms with Crippen molar-refractivity contribution < 1.29 is 14.3 Å². The largest absolute Gasteiger partial charge is 0.444 e. The zero-order chi connectivity index (χ0) is 17.3. The number of aryl methyl sites for hydroxylation is 1. The van der Waals surface area contributed by atoms with Crippen molar-refractivity contribution in [2.45, 2.75) is 71.2 Å². The van der Waals surface area contributed by atoms with Crippen LogP contribution in [0, 0.1) is 0 Å². The van der Waals surface area contributed by atoms with E-state index in [2.05, 4.69) is 10.4 Å². The number of aromatic nitrogens is 2. The first kappa shape index (κ1) is 16.8.